The van der Waals surface area contributed by atoms with Crippen LogP contribution >= 0.6 is 43.2 Å². The quantitative estimate of drug-likeness (QED) is 0.461. The molecule has 3 heterocycles. The van der Waals surface area contributed by atoms with E-state index in [-0.39, 0.29) is 12.3 Å². The molecule has 0 bridgehead atoms. The standard InChI is InChI=1S/C20H20Br2N2OS/c21-13-6-7-17-14(10-13)16-11-15(18-8-9-19(22)26-18)23-24(16)20(25-17)12-4-2-1-3-5-12/h6-10,12,16,20H,1-5,11H2/t16-,20-/m0/s1. The molecule has 0 radical (unpaired) electrons. The van der Waals surface area contributed by atoms with E-state index < -0.39 is 0 Å². The van der Waals surface area contributed by atoms with Crippen molar-refractivity contribution in [3.05, 3.63) is 49.0 Å². The van der Waals surface area contributed by atoms with Crippen LogP contribution in [0.2, 0.25) is 0 Å². The molecule has 6 heteroatoms. The third kappa shape index (κ3) is 3.04. The zero-order valence-electron chi connectivity index (χ0n) is 14.3. The van der Waals surface area contributed by atoms with Gasteiger partial charge in [-0.2, -0.15) is 5.10 Å². The van der Waals surface area contributed by atoms with E-state index in [0.717, 1.165) is 20.4 Å². The van der Waals surface area contributed by atoms with E-state index in [1.54, 1.807) is 11.3 Å². The van der Waals surface area contributed by atoms with E-state index in [9.17, 15) is 0 Å². The first-order valence-electron chi connectivity index (χ1n) is 9.27. The van der Waals surface area contributed by atoms with Gasteiger partial charge in [-0.25, -0.2) is 5.01 Å². The summed E-state index contributed by atoms with van der Waals surface area (Å²) in [5.74, 6) is 1.61. The highest BCUT2D eigenvalue weighted by Crippen LogP contribution is 2.47. The van der Waals surface area contributed by atoms with Crippen LogP contribution in [-0.4, -0.2) is 16.9 Å². The predicted octanol–water partition coefficient (Wildman–Crippen LogP) is 6.72. The minimum Gasteiger partial charge on any atom is -0.468 e. The van der Waals surface area contributed by atoms with Gasteiger partial charge in [0, 0.05) is 22.4 Å². The van der Waals surface area contributed by atoms with Crippen molar-refractivity contribution in [3.8, 4) is 5.75 Å². The van der Waals surface area contributed by atoms with Gasteiger partial charge in [-0.3, -0.25) is 0 Å². The number of hydrogen-bond acceptors (Lipinski definition) is 4. The molecule has 2 atom stereocenters. The Balaban J connectivity index is 1.54. The molecule has 1 saturated carbocycles. The van der Waals surface area contributed by atoms with Gasteiger partial charge < -0.3 is 4.74 Å². The molecule has 5 rings (SSSR count). The lowest BCUT2D eigenvalue weighted by molar-refractivity contribution is -0.0644. The molecule has 1 aromatic heterocycles. The van der Waals surface area contributed by atoms with Crippen molar-refractivity contribution in [3.63, 3.8) is 0 Å². The summed E-state index contributed by atoms with van der Waals surface area (Å²) >= 11 is 8.97. The van der Waals surface area contributed by atoms with Crippen LogP contribution in [-0.2, 0) is 0 Å². The third-order valence-electron chi connectivity index (χ3n) is 5.69. The van der Waals surface area contributed by atoms with Gasteiger partial charge in [0.25, 0.3) is 0 Å². The molecule has 0 N–H and O–H groups in total. The molecule has 2 aliphatic heterocycles. The lowest BCUT2D eigenvalue weighted by Crippen LogP contribution is -2.45. The first-order chi connectivity index (χ1) is 12.7. The molecule has 1 aromatic carbocycles. The van der Waals surface area contributed by atoms with E-state index in [1.165, 1.54) is 48.3 Å². The lowest BCUT2D eigenvalue weighted by Gasteiger charge is -2.42. The van der Waals surface area contributed by atoms with Gasteiger partial charge in [-0.1, -0.05) is 35.2 Å². The number of thiophene rings is 1. The first-order valence-corrected chi connectivity index (χ1v) is 11.7. The smallest absolute Gasteiger partial charge is 0.190 e. The normalized spacial score (nSPS) is 25.5. The Bertz CT molecular complexity index is 859. The molecule has 1 aliphatic carbocycles. The molecule has 0 unspecified atom stereocenters. The zero-order chi connectivity index (χ0) is 17.7. The summed E-state index contributed by atoms with van der Waals surface area (Å²) in [7, 11) is 0. The van der Waals surface area contributed by atoms with Crippen molar-refractivity contribution < 1.29 is 4.74 Å². The number of hydrogen-bond donors (Lipinski definition) is 0. The Morgan fingerprint density at radius 1 is 1.08 bits per heavy atom. The van der Waals surface area contributed by atoms with Crippen LogP contribution in [0, 0.1) is 5.92 Å². The molecule has 0 spiro atoms. The van der Waals surface area contributed by atoms with E-state index in [2.05, 4.69) is 67.2 Å². The van der Waals surface area contributed by atoms with E-state index in [1.807, 2.05) is 0 Å². The maximum absolute atomic E-state index is 6.52. The molecule has 3 aliphatic rings. The minimum atomic E-state index is 0.0647. The molecule has 136 valence electrons. The number of nitrogens with zero attached hydrogens (tertiary/aromatic N) is 2. The lowest BCUT2D eigenvalue weighted by atomic mass is 9.86. The summed E-state index contributed by atoms with van der Waals surface area (Å²) < 4.78 is 8.78. The second-order valence-corrected chi connectivity index (χ2v) is 10.7. The fourth-order valence-electron chi connectivity index (χ4n) is 4.44. The molecular formula is C20H20Br2N2OS. The van der Waals surface area contributed by atoms with Crippen LogP contribution in [0.5, 0.6) is 5.75 Å². The number of benzene rings is 1. The second-order valence-electron chi connectivity index (χ2n) is 7.34. The monoisotopic (exact) mass is 494 g/mol. The van der Waals surface area contributed by atoms with Gasteiger partial charge in [-0.05, 0) is 59.1 Å². The van der Waals surface area contributed by atoms with Crippen LogP contribution in [0.25, 0.3) is 0 Å². The number of fused-ring (bicyclic) bond motifs is 3. The van der Waals surface area contributed by atoms with Gasteiger partial charge >= 0.3 is 0 Å². The second kappa shape index (κ2) is 6.95. The maximum Gasteiger partial charge on any atom is 0.190 e. The Kier molecular flexibility index (Phi) is 4.62. The van der Waals surface area contributed by atoms with Crippen molar-refractivity contribution in [2.24, 2.45) is 11.0 Å². The molecule has 2 aromatic rings. The van der Waals surface area contributed by atoms with E-state index in [0.29, 0.717) is 5.92 Å². The fourth-order valence-corrected chi connectivity index (χ4v) is 6.19. The zero-order valence-corrected chi connectivity index (χ0v) is 18.3. The number of rotatable bonds is 2. The largest absolute Gasteiger partial charge is 0.468 e. The summed E-state index contributed by atoms with van der Waals surface area (Å²) in [5.41, 5.74) is 2.43. The summed E-state index contributed by atoms with van der Waals surface area (Å²) in [6.45, 7) is 0. The Morgan fingerprint density at radius 2 is 1.92 bits per heavy atom. The van der Waals surface area contributed by atoms with Gasteiger partial charge in [-0.15, -0.1) is 11.3 Å². The third-order valence-corrected chi connectivity index (χ3v) is 7.86. The molecule has 0 amide bonds. The first kappa shape index (κ1) is 17.3. The summed E-state index contributed by atoms with van der Waals surface area (Å²) in [6.07, 6.45) is 7.48. The van der Waals surface area contributed by atoms with Gasteiger partial charge in [0.2, 0.25) is 0 Å². The molecule has 26 heavy (non-hydrogen) atoms. The average Bonchev–Trinajstić information content (AvgIpc) is 3.28. The SMILES string of the molecule is Brc1ccc2c(c1)[C@@H]1CC(c3ccc(Br)s3)=NN1[C@H](C1CCCCC1)O2. The van der Waals surface area contributed by atoms with Crippen LogP contribution in [0.3, 0.4) is 0 Å². The maximum atomic E-state index is 6.52. The highest BCUT2D eigenvalue weighted by molar-refractivity contribution is 9.11. The van der Waals surface area contributed by atoms with Crippen LogP contribution in [0.15, 0.2) is 43.7 Å². The van der Waals surface area contributed by atoms with Gasteiger partial charge in [0.05, 0.1) is 20.4 Å². The number of halogens is 2. The molecule has 0 saturated heterocycles. The van der Waals surface area contributed by atoms with Crippen LogP contribution in [0.1, 0.15) is 55.0 Å². The van der Waals surface area contributed by atoms with Crippen molar-refractivity contribution in [1.29, 1.82) is 0 Å². The average molecular weight is 496 g/mol. The van der Waals surface area contributed by atoms with E-state index >= 15 is 0 Å². The van der Waals surface area contributed by atoms with Crippen LogP contribution in [0.4, 0.5) is 0 Å². The predicted molar refractivity (Wildman–Crippen MR) is 113 cm³/mol. The number of ether oxygens (including phenoxy) is 1. The number of hydrazone groups is 1. The van der Waals surface area contributed by atoms with Gasteiger partial charge in [0.1, 0.15) is 5.75 Å². The Labute approximate surface area is 174 Å². The minimum absolute atomic E-state index is 0.0647. The van der Waals surface area contributed by atoms with E-state index in [4.69, 9.17) is 9.84 Å². The molecule has 1 fully saturated rings. The van der Waals surface area contributed by atoms with Gasteiger partial charge in [0.15, 0.2) is 6.23 Å². The highest BCUT2D eigenvalue weighted by Gasteiger charge is 2.43. The van der Waals surface area contributed by atoms with Crippen molar-refractivity contribution in [2.45, 2.75) is 50.8 Å². The molecule has 3 nitrogen and oxygen atoms in total. The summed E-state index contributed by atoms with van der Waals surface area (Å²) in [4.78, 5) is 1.25. The van der Waals surface area contributed by atoms with Crippen molar-refractivity contribution >= 4 is 48.9 Å². The summed E-state index contributed by atoms with van der Waals surface area (Å²) in [5, 5.41) is 7.35. The summed E-state index contributed by atoms with van der Waals surface area (Å²) in [6, 6.07) is 11.0. The van der Waals surface area contributed by atoms with Crippen molar-refractivity contribution in [2.75, 3.05) is 0 Å². The molecular weight excluding hydrogens is 476 g/mol. The Morgan fingerprint density at radius 3 is 2.69 bits per heavy atom. The van der Waals surface area contributed by atoms with Crippen molar-refractivity contribution in [1.82, 2.24) is 5.01 Å². The fraction of sp³-hybridized carbons (Fsp3) is 0.450. The Hall–Kier alpha value is -0.850. The highest BCUT2D eigenvalue weighted by atomic mass is 79.9. The van der Waals surface area contributed by atoms with Crippen LogP contribution < -0.4 is 4.74 Å². The topological polar surface area (TPSA) is 24.8 Å².